The molecule has 0 radical (unpaired) electrons. The quantitative estimate of drug-likeness (QED) is 0.294. The number of rotatable bonds is 8. The number of hydrogen-bond donors (Lipinski definition) is 0. The summed E-state index contributed by atoms with van der Waals surface area (Å²) in [5, 5.41) is 3.53. The first-order chi connectivity index (χ1) is 10.4. The van der Waals surface area contributed by atoms with Crippen LogP contribution in [0.15, 0.2) is 59.7 Å². The molecule has 0 N–H and O–H groups in total. The minimum Gasteiger partial charge on any atom is -0.489 e. The number of ether oxygens (including phenoxy) is 1. The molecular formula is C17H19N3O. The Hall–Kier alpha value is -2.45. The molecule has 0 saturated heterocycles. The van der Waals surface area contributed by atoms with E-state index in [4.69, 9.17) is 10.3 Å². The van der Waals surface area contributed by atoms with Gasteiger partial charge in [-0.2, -0.15) is 0 Å². The maximum absolute atomic E-state index is 8.19. The van der Waals surface area contributed by atoms with Crippen molar-refractivity contribution in [1.82, 2.24) is 0 Å². The number of nitrogens with zero attached hydrogens (tertiary/aromatic N) is 3. The van der Waals surface area contributed by atoms with E-state index in [1.807, 2.05) is 30.3 Å². The molecule has 0 aliphatic carbocycles. The predicted octanol–water partition coefficient (Wildman–Crippen LogP) is 4.90. The van der Waals surface area contributed by atoms with Crippen molar-refractivity contribution in [2.24, 2.45) is 5.11 Å². The molecule has 2 rings (SSSR count). The molecule has 0 heterocycles. The molecule has 0 spiro atoms. The fourth-order valence-corrected chi connectivity index (χ4v) is 2.05. The summed E-state index contributed by atoms with van der Waals surface area (Å²) >= 11 is 0. The minimum atomic E-state index is 0.578. The van der Waals surface area contributed by atoms with E-state index in [2.05, 4.69) is 34.3 Å². The van der Waals surface area contributed by atoms with Gasteiger partial charge in [-0.1, -0.05) is 47.6 Å². The van der Waals surface area contributed by atoms with Gasteiger partial charge >= 0.3 is 0 Å². The molecule has 4 heteroatoms. The zero-order valence-electron chi connectivity index (χ0n) is 12.0. The highest BCUT2D eigenvalue weighted by Crippen LogP contribution is 2.15. The van der Waals surface area contributed by atoms with Gasteiger partial charge in [0.15, 0.2) is 0 Å². The van der Waals surface area contributed by atoms with Gasteiger partial charge in [-0.05, 0) is 48.1 Å². The van der Waals surface area contributed by atoms with Crippen molar-refractivity contribution in [3.05, 3.63) is 76.2 Å². The first-order valence-electron chi connectivity index (χ1n) is 7.15. The maximum Gasteiger partial charge on any atom is 0.119 e. The van der Waals surface area contributed by atoms with Crippen molar-refractivity contribution in [3.8, 4) is 5.75 Å². The van der Waals surface area contributed by atoms with E-state index in [9.17, 15) is 0 Å². The number of benzene rings is 2. The SMILES string of the molecule is [N-]=[N+]=NCCCCc1ccc(OCc2ccccc2)cc1. The Morgan fingerprint density at radius 2 is 1.67 bits per heavy atom. The van der Waals surface area contributed by atoms with Crippen molar-refractivity contribution < 1.29 is 4.74 Å². The van der Waals surface area contributed by atoms with Crippen LogP contribution in [0.1, 0.15) is 24.0 Å². The van der Waals surface area contributed by atoms with E-state index in [0.717, 1.165) is 25.0 Å². The monoisotopic (exact) mass is 281 g/mol. The number of aryl methyl sites for hydroxylation is 1. The molecule has 0 saturated carbocycles. The highest BCUT2D eigenvalue weighted by molar-refractivity contribution is 5.27. The smallest absolute Gasteiger partial charge is 0.119 e. The highest BCUT2D eigenvalue weighted by atomic mass is 16.5. The van der Waals surface area contributed by atoms with Gasteiger partial charge in [-0.25, -0.2) is 0 Å². The molecule has 0 aliphatic heterocycles. The summed E-state index contributed by atoms with van der Waals surface area (Å²) < 4.78 is 5.75. The fourth-order valence-electron chi connectivity index (χ4n) is 2.05. The first-order valence-corrected chi connectivity index (χ1v) is 7.15. The van der Waals surface area contributed by atoms with Crippen molar-refractivity contribution in [2.45, 2.75) is 25.9 Å². The Morgan fingerprint density at radius 1 is 0.905 bits per heavy atom. The minimum absolute atomic E-state index is 0.578. The van der Waals surface area contributed by atoms with Gasteiger partial charge in [0.05, 0.1) is 0 Å². The molecule has 108 valence electrons. The van der Waals surface area contributed by atoms with Crippen molar-refractivity contribution in [1.29, 1.82) is 0 Å². The molecule has 0 fully saturated rings. The second kappa shape index (κ2) is 8.67. The summed E-state index contributed by atoms with van der Waals surface area (Å²) in [6.45, 7) is 1.17. The van der Waals surface area contributed by atoms with Crippen molar-refractivity contribution in [2.75, 3.05) is 6.54 Å². The van der Waals surface area contributed by atoms with Crippen LogP contribution < -0.4 is 4.74 Å². The Balaban J connectivity index is 1.75. The summed E-state index contributed by atoms with van der Waals surface area (Å²) in [4.78, 5) is 2.75. The molecule has 0 unspecified atom stereocenters. The highest BCUT2D eigenvalue weighted by Gasteiger charge is 1.97. The second-order valence-electron chi connectivity index (χ2n) is 4.83. The van der Waals surface area contributed by atoms with E-state index in [1.54, 1.807) is 0 Å². The lowest BCUT2D eigenvalue weighted by atomic mass is 10.1. The van der Waals surface area contributed by atoms with Gasteiger partial charge < -0.3 is 4.74 Å². The average Bonchev–Trinajstić information content (AvgIpc) is 2.55. The Labute approximate surface area is 125 Å². The zero-order valence-corrected chi connectivity index (χ0v) is 12.0. The molecular weight excluding hydrogens is 262 g/mol. The second-order valence-corrected chi connectivity index (χ2v) is 4.83. The van der Waals surface area contributed by atoms with Crippen molar-refractivity contribution >= 4 is 0 Å². The maximum atomic E-state index is 8.19. The van der Waals surface area contributed by atoms with Gasteiger partial charge in [0.2, 0.25) is 0 Å². The molecule has 2 aromatic rings. The van der Waals surface area contributed by atoms with Crippen LogP contribution in [0.5, 0.6) is 5.75 Å². The number of hydrogen-bond acceptors (Lipinski definition) is 2. The van der Waals surface area contributed by atoms with Crippen LogP contribution in [0, 0.1) is 0 Å². The first kappa shape index (κ1) is 14.9. The summed E-state index contributed by atoms with van der Waals surface area (Å²) in [7, 11) is 0. The van der Waals surface area contributed by atoms with Crippen LogP contribution in [0.2, 0.25) is 0 Å². The summed E-state index contributed by atoms with van der Waals surface area (Å²) in [5.41, 5.74) is 10.6. The van der Waals surface area contributed by atoms with Gasteiger partial charge in [0, 0.05) is 11.5 Å². The van der Waals surface area contributed by atoms with E-state index in [-0.39, 0.29) is 0 Å². The van der Waals surface area contributed by atoms with Crippen molar-refractivity contribution in [3.63, 3.8) is 0 Å². The number of azide groups is 1. The summed E-state index contributed by atoms with van der Waals surface area (Å²) in [6.07, 6.45) is 2.96. The normalized spacial score (nSPS) is 9.90. The lowest BCUT2D eigenvalue weighted by molar-refractivity contribution is 0.306. The molecule has 0 aromatic heterocycles. The lowest BCUT2D eigenvalue weighted by Crippen LogP contribution is -1.95. The van der Waals surface area contributed by atoms with Gasteiger partial charge in [0.1, 0.15) is 12.4 Å². The molecule has 0 aliphatic rings. The zero-order chi connectivity index (χ0) is 14.8. The van der Waals surface area contributed by atoms with Crippen LogP contribution in [0.3, 0.4) is 0 Å². The van der Waals surface area contributed by atoms with Gasteiger partial charge in [0.25, 0.3) is 0 Å². The number of unbranched alkanes of at least 4 members (excludes halogenated alkanes) is 1. The van der Waals surface area contributed by atoms with Crippen LogP contribution in [0.25, 0.3) is 10.4 Å². The Morgan fingerprint density at radius 3 is 2.38 bits per heavy atom. The third-order valence-electron chi connectivity index (χ3n) is 3.21. The Bertz CT molecular complexity index is 575. The summed E-state index contributed by atoms with van der Waals surface area (Å²) in [6, 6.07) is 18.3. The molecule has 0 atom stereocenters. The largest absolute Gasteiger partial charge is 0.489 e. The predicted molar refractivity (Wildman–Crippen MR) is 84.2 cm³/mol. The molecule has 4 nitrogen and oxygen atoms in total. The fraction of sp³-hybridized carbons (Fsp3) is 0.294. The van der Waals surface area contributed by atoms with Crippen LogP contribution >= 0.6 is 0 Å². The van der Waals surface area contributed by atoms with Gasteiger partial charge in [-0.15, -0.1) is 0 Å². The van der Waals surface area contributed by atoms with Crippen LogP contribution in [-0.2, 0) is 13.0 Å². The molecule has 21 heavy (non-hydrogen) atoms. The van der Waals surface area contributed by atoms with E-state index < -0.39 is 0 Å². The van der Waals surface area contributed by atoms with Gasteiger partial charge in [-0.3, -0.25) is 0 Å². The van der Waals surface area contributed by atoms with E-state index >= 15 is 0 Å². The third kappa shape index (κ3) is 5.59. The molecule has 0 amide bonds. The molecule has 2 aromatic carbocycles. The van der Waals surface area contributed by atoms with E-state index in [0.29, 0.717) is 13.2 Å². The van der Waals surface area contributed by atoms with Crippen LogP contribution in [-0.4, -0.2) is 6.54 Å². The van der Waals surface area contributed by atoms with Crippen LogP contribution in [0.4, 0.5) is 0 Å². The summed E-state index contributed by atoms with van der Waals surface area (Å²) in [5.74, 6) is 0.886. The topological polar surface area (TPSA) is 58.0 Å². The van der Waals surface area contributed by atoms with E-state index in [1.165, 1.54) is 11.1 Å². The Kier molecular flexibility index (Phi) is 6.17. The average molecular weight is 281 g/mol. The lowest BCUT2D eigenvalue weighted by Gasteiger charge is -2.07. The standard InChI is InChI=1S/C17H19N3O/c18-20-19-13-5-4-6-15-9-11-17(12-10-15)21-14-16-7-2-1-3-8-16/h1-3,7-12H,4-6,13-14H2. The molecule has 0 bridgehead atoms. The third-order valence-corrected chi connectivity index (χ3v) is 3.21.